The Hall–Kier alpha value is -1.81. The normalized spacial score (nSPS) is 11.6. The summed E-state index contributed by atoms with van der Waals surface area (Å²) in [6.07, 6.45) is 1.68. The number of ether oxygens (including phenoxy) is 1. The number of rotatable bonds is 3. The molecule has 2 rings (SSSR count). The highest BCUT2D eigenvalue weighted by atomic mass is 16.5. The molecule has 0 saturated carbocycles. The predicted octanol–water partition coefficient (Wildman–Crippen LogP) is 2.98. The Morgan fingerprint density at radius 3 is 2.39 bits per heavy atom. The van der Waals surface area contributed by atoms with Crippen LogP contribution in [-0.4, -0.2) is 10.6 Å². The molecule has 0 radical (unpaired) electrons. The first-order chi connectivity index (χ1) is 8.48. The lowest BCUT2D eigenvalue weighted by atomic mass is 10.1. The summed E-state index contributed by atoms with van der Waals surface area (Å²) in [5.74, 6) is 2.10. The van der Waals surface area contributed by atoms with Crippen molar-refractivity contribution in [1.29, 1.82) is 0 Å². The van der Waals surface area contributed by atoms with Gasteiger partial charge in [-0.3, -0.25) is 0 Å². The van der Waals surface area contributed by atoms with Crippen molar-refractivity contribution in [2.45, 2.75) is 32.9 Å². The first kappa shape index (κ1) is 12.6. The topological polar surface area (TPSA) is 61.3 Å². The Morgan fingerprint density at radius 2 is 1.89 bits per heavy atom. The average molecular weight is 246 g/mol. The molecule has 0 aliphatic rings. The van der Waals surface area contributed by atoms with E-state index >= 15 is 0 Å². The molecule has 0 amide bonds. The first-order valence-electron chi connectivity index (χ1n) is 5.92. The van der Waals surface area contributed by atoms with Crippen LogP contribution in [0.2, 0.25) is 0 Å². The fraction of sp³-hybridized carbons (Fsp3) is 0.357. The van der Waals surface area contributed by atoms with Crippen molar-refractivity contribution in [2.75, 3.05) is 0 Å². The molecule has 0 aliphatic carbocycles. The highest BCUT2D eigenvalue weighted by molar-refractivity contribution is 5.57. The minimum absolute atomic E-state index is 0.194. The van der Waals surface area contributed by atoms with Crippen LogP contribution < -0.4 is 10.5 Å². The largest absolute Gasteiger partial charge is 0.488 e. The van der Waals surface area contributed by atoms with E-state index in [-0.39, 0.29) is 5.60 Å². The molecule has 18 heavy (non-hydrogen) atoms. The molecule has 0 atom stereocenters. The van der Waals surface area contributed by atoms with Gasteiger partial charge in [0, 0.05) is 5.56 Å². The van der Waals surface area contributed by atoms with Crippen LogP contribution in [0.25, 0.3) is 11.3 Å². The standard InChI is InChI=1S/C14H18N2O2/c1-14(2,3)18-11-6-4-10(5-7-11)12-9-16-13(8-15)17-12/h4-7,9H,8,15H2,1-3H3. The van der Waals surface area contributed by atoms with Gasteiger partial charge >= 0.3 is 0 Å². The molecule has 2 aromatic rings. The van der Waals surface area contributed by atoms with E-state index in [1.165, 1.54) is 0 Å². The van der Waals surface area contributed by atoms with Gasteiger partial charge in [0.05, 0.1) is 12.7 Å². The van der Waals surface area contributed by atoms with Gasteiger partial charge in [-0.1, -0.05) is 0 Å². The van der Waals surface area contributed by atoms with Crippen LogP contribution in [0.15, 0.2) is 34.9 Å². The van der Waals surface area contributed by atoms with Crippen molar-refractivity contribution in [3.63, 3.8) is 0 Å². The second-order valence-electron chi connectivity index (χ2n) is 5.06. The Bertz CT molecular complexity index is 509. The molecule has 4 nitrogen and oxygen atoms in total. The van der Waals surface area contributed by atoms with Crippen LogP contribution in [0.3, 0.4) is 0 Å². The number of hydrogen-bond acceptors (Lipinski definition) is 4. The van der Waals surface area contributed by atoms with Crippen LogP contribution in [0, 0.1) is 0 Å². The maximum Gasteiger partial charge on any atom is 0.208 e. The van der Waals surface area contributed by atoms with Gasteiger partial charge in [-0.15, -0.1) is 0 Å². The molecule has 0 bridgehead atoms. The molecule has 0 unspecified atom stereocenters. The number of benzene rings is 1. The van der Waals surface area contributed by atoms with Crippen molar-refractivity contribution in [2.24, 2.45) is 5.73 Å². The second-order valence-corrected chi connectivity index (χ2v) is 5.06. The van der Waals surface area contributed by atoms with E-state index in [4.69, 9.17) is 14.9 Å². The Morgan fingerprint density at radius 1 is 1.22 bits per heavy atom. The molecule has 4 heteroatoms. The van der Waals surface area contributed by atoms with Gasteiger partial charge < -0.3 is 14.9 Å². The molecule has 1 aromatic carbocycles. The predicted molar refractivity (Wildman–Crippen MR) is 70.2 cm³/mol. The first-order valence-corrected chi connectivity index (χ1v) is 5.92. The maximum absolute atomic E-state index is 5.75. The summed E-state index contributed by atoms with van der Waals surface area (Å²) in [6.45, 7) is 6.37. The SMILES string of the molecule is CC(C)(C)Oc1ccc(-c2cnc(CN)o2)cc1. The van der Waals surface area contributed by atoms with Crippen LogP contribution in [-0.2, 0) is 6.54 Å². The Kier molecular flexibility index (Phi) is 3.39. The number of nitrogens with two attached hydrogens (primary N) is 1. The van der Waals surface area contributed by atoms with E-state index in [9.17, 15) is 0 Å². The highest BCUT2D eigenvalue weighted by Crippen LogP contribution is 2.24. The summed E-state index contributed by atoms with van der Waals surface area (Å²) < 4.78 is 11.2. The van der Waals surface area contributed by atoms with Gasteiger partial charge in [-0.25, -0.2) is 4.98 Å². The van der Waals surface area contributed by atoms with E-state index in [0.717, 1.165) is 17.1 Å². The molecule has 1 heterocycles. The number of oxazole rings is 1. The second kappa shape index (κ2) is 4.82. The third-order valence-electron chi connectivity index (χ3n) is 2.29. The Labute approximate surface area is 107 Å². The lowest BCUT2D eigenvalue weighted by Crippen LogP contribution is -2.22. The third-order valence-corrected chi connectivity index (χ3v) is 2.29. The minimum Gasteiger partial charge on any atom is -0.488 e. The Balaban J connectivity index is 2.17. The zero-order valence-electron chi connectivity index (χ0n) is 10.9. The van der Waals surface area contributed by atoms with E-state index in [1.54, 1.807) is 6.20 Å². The van der Waals surface area contributed by atoms with Gasteiger partial charge in [-0.2, -0.15) is 0 Å². The van der Waals surface area contributed by atoms with Gasteiger partial charge in [0.25, 0.3) is 0 Å². The summed E-state index contributed by atoms with van der Waals surface area (Å²) in [7, 11) is 0. The van der Waals surface area contributed by atoms with Crippen LogP contribution in [0.4, 0.5) is 0 Å². The van der Waals surface area contributed by atoms with E-state index in [1.807, 2.05) is 45.0 Å². The van der Waals surface area contributed by atoms with Crippen LogP contribution >= 0.6 is 0 Å². The zero-order valence-corrected chi connectivity index (χ0v) is 10.9. The lowest BCUT2D eigenvalue weighted by Gasteiger charge is -2.21. The number of hydrogen-bond donors (Lipinski definition) is 1. The molecular weight excluding hydrogens is 228 g/mol. The number of nitrogens with zero attached hydrogens (tertiary/aromatic N) is 1. The molecule has 96 valence electrons. The van der Waals surface area contributed by atoms with Crippen molar-refractivity contribution in [3.8, 4) is 17.1 Å². The number of aromatic nitrogens is 1. The molecule has 0 fully saturated rings. The van der Waals surface area contributed by atoms with Crippen LogP contribution in [0.5, 0.6) is 5.75 Å². The van der Waals surface area contributed by atoms with Crippen molar-refractivity contribution in [3.05, 3.63) is 36.4 Å². The van der Waals surface area contributed by atoms with Crippen molar-refractivity contribution >= 4 is 0 Å². The average Bonchev–Trinajstić information content (AvgIpc) is 2.76. The summed E-state index contributed by atoms with van der Waals surface area (Å²) in [5, 5.41) is 0. The van der Waals surface area contributed by atoms with E-state index in [0.29, 0.717) is 12.4 Å². The molecule has 1 aromatic heterocycles. The smallest absolute Gasteiger partial charge is 0.208 e. The molecular formula is C14H18N2O2. The van der Waals surface area contributed by atoms with Gasteiger partial charge in [0.1, 0.15) is 11.4 Å². The molecule has 2 N–H and O–H groups in total. The lowest BCUT2D eigenvalue weighted by molar-refractivity contribution is 0.131. The molecule has 0 aliphatic heterocycles. The molecule has 0 saturated heterocycles. The van der Waals surface area contributed by atoms with Crippen molar-refractivity contribution in [1.82, 2.24) is 4.98 Å². The minimum atomic E-state index is -0.194. The summed E-state index contributed by atoms with van der Waals surface area (Å²) in [5.41, 5.74) is 6.23. The van der Waals surface area contributed by atoms with E-state index < -0.39 is 0 Å². The van der Waals surface area contributed by atoms with Gasteiger partial charge in [0.15, 0.2) is 5.76 Å². The van der Waals surface area contributed by atoms with Gasteiger partial charge in [-0.05, 0) is 45.0 Å². The summed E-state index contributed by atoms with van der Waals surface area (Å²) >= 11 is 0. The summed E-state index contributed by atoms with van der Waals surface area (Å²) in [6, 6.07) is 7.74. The summed E-state index contributed by atoms with van der Waals surface area (Å²) in [4.78, 5) is 4.07. The quantitative estimate of drug-likeness (QED) is 0.904. The fourth-order valence-corrected chi connectivity index (χ4v) is 1.58. The zero-order chi connectivity index (χ0) is 13.2. The maximum atomic E-state index is 5.75. The van der Waals surface area contributed by atoms with Crippen LogP contribution in [0.1, 0.15) is 26.7 Å². The van der Waals surface area contributed by atoms with Crippen molar-refractivity contribution < 1.29 is 9.15 Å². The van der Waals surface area contributed by atoms with E-state index in [2.05, 4.69) is 4.98 Å². The molecule has 0 spiro atoms. The van der Waals surface area contributed by atoms with Gasteiger partial charge in [0.2, 0.25) is 5.89 Å². The highest BCUT2D eigenvalue weighted by Gasteiger charge is 2.12. The monoisotopic (exact) mass is 246 g/mol. The third kappa shape index (κ3) is 3.11. The fourth-order valence-electron chi connectivity index (χ4n) is 1.58.